The summed E-state index contributed by atoms with van der Waals surface area (Å²) in [5.74, 6) is 1.07. The highest BCUT2D eigenvalue weighted by Crippen LogP contribution is 2.18. The summed E-state index contributed by atoms with van der Waals surface area (Å²) in [5.41, 5.74) is 0. The zero-order valence-electron chi connectivity index (χ0n) is 7.86. The number of aliphatic hydroxyl groups excluding tert-OH is 1. The van der Waals surface area contributed by atoms with Gasteiger partial charge in [-0.15, -0.1) is 0 Å². The second-order valence-corrected chi connectivity index (χ2v) is 3.16. The molecule has 1 heterocycles. The van der Waals surface area contributed by atoms with Crippen LogP contribution in [0.5, 0.6) is 0 Å². The Morgan fingerprint density at radius 3 is 2.75 bits per heavy atom. The summed E-state index contributed by atoms with van der Waals surface area (Å²) >= 11 is 0. The molecule has 0 saturated carbocycles. The van der Waals surface area contributed by atoms with Crippen LogP contribution in [0.3, 0.4) is 0 Å². The smallest absolute Gasteiger partial charge is 0.113 e. The van der Waals surface area contributed by atoms with Crippen LogP contribution in [0, 0.1) is 0 Å². The molecule has 0 radical (unpaired) electrons. The number of hydrogen-bond acceptors (Lipinski definition) is 2. The topological polar surface area (TPSA) is 38.1 Å². The van der Waals surface area contributed by atoms with E-state index in [1.54, 1.807) is 6.20 Å². The minimum Gasteiger partial charge on any atom is -0.392 e. The van der Waals surface area contributed by atoms with Gasteiger partial charge in [0.1, 0.15) is 5.82 Å². The van der Waals surface area contributed by atoms with Crippen molar-refractivity contribution >= 4 is 0 Å². The van der Waals surface area contributed by atoms with Gasteiger partial charge in [0.2, 0.25) is 0 Å². The maximum atomic E-state index is 9.57. The number of imidazole rings is 1. The molecule has 0 saturated heterocycles. The first kappa shape index (κ1) is 9.26. The van der Waals surface area contributed by atoms with Crippen molar-refractivity contribution in [3.8, 4) is 0 Å². The maximum absolute atomic E-state index is 9.57. The Balaban J connectivity index is 2.77. The molecule has 68 valence electrons. The molecule has 0 fully saturated rings. The Labute approximate surface area is 73.1 Å². The van der Waals surface area contributed by atoms with Gasteiger partial charge in [0.25, 0.3) is 0 Å². The third-order valence-corrected chi connectivity index (χ3v) is 2.26. The molecule has 0 aromatic carbocycles. The van der Waals surface area contributed by atoms with Crippen molar-refractivity contribution in [2.45, 2.75) is 32.3 Å². The van der Waals surface area contributed by atoms with Crippen LogP contribution in [0.4, 0.5) is 0 Å². The molecular weight excluding hydrogens is 152 g/mol. The van der Waals surface area contributed by atoms with Crippen LogP contribution in [-0.4, -0.2) is 20.8 Å². The fourth-order valence-corrected chi connectivity index (χ4v) is 1.34. The predicted octanol–water partition coefficient (Wildman–Crippen LogP) is 1.29. The lowest BCUT2D eigenvalue weighted by Crippen LogP contribution is -2.17. The first-order valence-corrected chi connectivity index (χ1v) is 4.32. The van der Waals surface area contributed by atoms with E-state index in [2.05, 4.69) is 4.98 Å². The summed E-state index contributed by atoms with van der Waals surface area (Å²) in [6.07, 6.45) is 4.14. The summed E-state index contributed by atoms with van der Waals surface area (Å²) < 4.78 is 1.95. The molecule has 0 aliphatic rings. The molecule has 1 N–H and O–H groups in total. The van der Waals surface area contributed by atoms with Gasteiger partial charge >= 0.3 is 0 Å². The van der Waals surface area contributed by atoms with Gasteiger partial charge in [-0.05, 0) is 6.42 Å². The van der Waals surface area contributed by atoms with Crippen LogP contribution in [0.1, 0.15) is 32.0 Å². The highest BCUT2D eigenvalue weighted by molar-refractivity contribution is 5.00. The second-order valence-electron chi connectivity index (χ2n) is 3.16. The summed E-state index contributed by atoms with van der Waals surface area (Å²) in [5, 5.41) is 9.57. The quantitative estimate of drug-likeness (QED) is 0.738. The lowest BCUT2D eigenvalue weighted by molar-refractivity contribution is 0.140. The highest BCUT2D eigenvalue weighted by Gasteiger charge is 2.17. The molecule has 3 heteroatoms. The molecule has 0 spiro atoms. The number of aryl methyl sites for hydroxylation is 1. The molecule has 1 rings (SSSR count). The zero-order chi connectivity index (χ0) is 9.14. The number of rotatable bonds is 3. The molecule has 1 aromatic heterocycles. The van der Waals surface area contributed by atoms with Gasteiger partial charge in [-0.3, -0.25) is 0 Å². The van der Waals surface area contributed by atoms with Crippen molar-refractivity contribution in [1.82, 2.24) is 9.55 Å². The first-order chi connectivity index (χ1) is 5.66. The third-order valence-electron chi connectivity index (χ3n) is 2.26. The Hall–Kier alpha value is -0.830. The van der Waals surface area contributed by atoms with Crippen LogP contribution in [0.25, 0.3) is 0 Å². The maximum Gasteiger partial charge on any atom is 0.113 e. The van der Waals surface area contributed by atoms with E-state index in [0.29, 0.717) is 0 Å². The van der Waals surface area contributed by atoms with Crippen LogP contribution in [-0.2, 0) is 7.05 Å². The molecule has 0 bridgehead atoms. The van der Waals surface area contributed by atoms with E-state index in [4.69, 9.17) is 0 Å². The zero-order valence-corrected chi connectivity index (χ0v) is 7.86. The lowest BCUT2D eigenvalue weighted by atomic mass is 10.0. The number of aliphatic hydroxyl groups is 1. The summed E-state index contributed by atoms with van der Waals surface area (Å²) in [6.45, 7) is 3.97. The largest absolute Gasteiger partial charge is 0.392 e. The minimum atomic E-state index is -0.286. The van der Waals surface area contributed by atoms with E-state index in [-0.39, 0.29) is 12.0 Å². The number of nitrogens with zero attached hydrogens (tertiary/aromatic N) is 2. The molecule has 0 amide bonds. The summed E-state index contributed by atoms with van der Waals surface area (Å²) in [6, 6.07) is 0. The number of hydrogen-bond donors (Lipinski definition) is 1. The van der Waals surface area contributed by atoms with E-state index in [9.17, 15) is 5.11 Å². The van der Waals surface area contributed by atoms with Crippen LogP contribution in [0.2, 0.25) is 0 Å². The SMILES string of the molecule is CCC(O)C(C)c1nccn1C. The first-order valence-electron chi connectivity index (χ1n) is 4.32. The van der Waals surface area contributed by atoms with Gasteiger partial charge in [0.05, 0.1) is 6.10 Å². The minimum absolute atomic E-state index is 0.120. The van der Waals surface area contributed by atoms with Gasteiger partial charge in [-0.2, -0.15) is 0 Å². The monoisotopic (exact) mass is 168 g/mol. The van der Waals surface area contributed by atoms with E-state index in [1.807, 2.05) is 31.7 Å². The molecule has 3 nitrogen and oxygen atoms in total. The molecule has 2 atom stereocenters. The lowest BCUT2D eigenvalue weighted by Gasteiger charge is -2.16. The predicted molar refractivity (Wildman–Crippen MR) is 47.9 cm³/mol. The van der Waals surface area contributed by atoms with E-state index >= 15 is 0 Å². The third kappa shape index (κ3) is 1.67. The van der Waals surface area contributed by atoms with Gasteiger partial charge in [0, 0.05) is 25.4 Å². The van der Waals surface area contributed by atoms with Crippen LogP contribution in [0.15, 0.2) is 12.4 Å². The molecule has 0 aliphatic carbocycles. The molecule has 2 unspecified atom stereocenters. The summed E-state index contributed by atoms with van der Waals surface area (Å²) in [4.78, 5) is 4.19. The van der Waals surface area contributed by atoms with Crippen molar-refractivity contribution in [1.29, 1.82) is 0 Å². The van der Waals surface area contributed by atoms with Gasteiger partial charge < -0.3 is 9.67 Å². The van der Waals surface area contributed by atoms with Crippen molar-refractivity contribution in [3.05, 3.63) is 18.2 Å². The highest BCUT2D eigenvalue weighted by atomic mass is 16.3. The standard InChI is InChI=1S/C9H16N2O/c1-4-8(12)7(2)9-10-5-6-11(9)3/h5-8,12H,4H2,1-3H3. The average Bonchev–Trinajstić information content (AvgIpc) is 2.48. The fraction of sp³-hybridized carbons (Fsp3) is 0.667. The van der Waals surface area contributed by atoms with Crippen LogP contribution >= 0.6 is 0 Å². The summed E-state index contributed by atoms with van der Waals surface area (Å²) in [7, 11) is 1.95. The Kier molecular flexibility index (Phi) is 2.87. The Morgan fingerprint density at radius 1 is 1.67 bits per heavy atom. The normalized spacial score (nSPS) is 16.0. The van der Waals surface area contributed by atoms with Gasteiger partial charge in [-0.1, -0.05) is 13.8 Å². The Bertz CT molecular complexity index is 244. The van der Waals surface area contributed by atoms with Crippen LogP contribution < -0.4 is 0 Å². The van der Waals surface area contributed by atoms with Crippen molar-refractivity contribution in [3.63, 3.8) is 0 Å². The second kappa shape index (κ2) is 3.72. The molecular formula is C9H16N2O. The van der Waals surface area contributed by atoms with E-state index in [1.165, 1.54) is 0 Å². The molecule has 1 aromatic rings. The molecule has 0 aliphatic heterocycles. The van der Waals surface area contributed by atoms with E-state index in [0.717, 1.165) is 12.2 Å². The van der Waals surface area contributed by atoms with Gasteiger partial charge in [0.15, 0.2) is 0 Å². The fourth-order valence-electron chi connectivity index (χ4n) is 1.34. The molecule has 12 heavy (non-hydrogen) atoms. The van der Waals surface area contributed by atoms with E-state index < -0.39 is 0 Å². The average molecular weight is 168 g/mol. The van der Waals surface area contributed by atoms with Crippen molar-refractivity contribution < 1.29 is 5.11 Å². The van der Waals surface area contributed by atoms with Crippen molar-refractivity contribution in [2.75, 3.05) is 0 Å². The van der Waals surface area contributed by atoms with Crippen molar-refractivity contribution in [2.24, 2.45) is 7.05 Å². The van der Waals surface area contributed by atoms with Gasteiger partial charge in [-0.25, -0.2) is 4.98 Å². The number of aromatic nitrogens is 2. The Morgan fingerprint density at radius 2 is 2.33 bits per heavy atom.